The van der Waals surface area contributed by atoms with Crippen LogP contribution in [0, 0.1) is 15.5 Å². The molecule has 0 atom stereocenters. The molecule has 3 N–H and O–H groups in total. The van der Waals surface area contributed by atoms with Gasteiger partial charge in [-0.1, -0.05) is 11.6 Å². The molecule has 1 aromatic rings. The molecular formula is C11H11ClN4O4. The highest BCUT2D eigenvalue weighted by atomic mass is 35.5. The van der Waals surface area contributed by atoms with E-state index < -0.39 is 22.1 Å². The number of nitro benzene ring substituents is 1. The Kier molecular flexibility index (Phi) is 4.76. The molecule has 0 fully saturated rings. The molecule has 0 unspecified atom stereocenters. The van der Waals surface area contributed by atoms with Crippen LogP contribution in [0.25, 0.3) is 0 Å². The number of rotatable bonds is 5. The van der Waals surface area contributed by atoms with Gasteiger partial charge in [0.2, 0.25) is 0 Å². The zero-order valence-electron chi connectivity index (χ0n) is 10.6. The number of benzene rings is 1. The Morgan fingerprint density at radius 1 is 1.50 bits per heavy atom. The van der Waals surface area contributed by atoms with Crippen LogP contribution in [0.5, 0.6) is 5.75 Å². The molecule has 0 heterocycles. The van der Waals surface area contributed by atoms with Crippen LogP contribution < -0.4 is 5.43 Å². The number of aromatic hydroxyl groups is 1. The van der Waals surface area contributed by atoms with Crippen molar-refractivity contribution in [2.24, 2.45) is 5.10 Å². The molecule has 0 spiro atoms. The zero-order chi connectivity index (χ0) is 15.4. The Morgan fingerprint density at radius 3 is 2.55 bits per heavy atom. The van der Waals surface area contributed by atoms with Crippen molar-refractivity contribution in [1.82, 2.24) is 0 Å². The number of halogens is 1. The number of Topliss-reactive ketones (excluding diaryl/α,β-unsaturated/α-hetero) is 1. The molecule has 0 aliphatic heterocycles. The standard InChI is InChI=1S/C11H11ClN4O4/c1-5(13)11(6(2)17)15-14-8-3-7(12)9(16(19)20)4-10(8)18/h3-4,13-14,18H,1-2H3/b13-5?,15-11-. The summed E-state index contributed by atoms with van der Waals surface area (Å²) in [4.78, 5) is 21.1. The van der Waals surface area contributed by atoms with Crippen LogP contribution >= 0.6 is 11.6 Å². The second kappa shape index (κ2) is 6.11. The predicted molar refractivity (Wildman–Crippen MR) is 74.9 cm³/mol. The summed E-state index contributed by atoms with van der Waals surface area (Å²) < 4.78 is 0. The fourth-order valence-electron chi connectivity index (χ4n) is 1.32. The molecule has 0 bridgehead atoms. The number of nitrogens with one attached hydrogen (secondary N) is 2. The van der Waals surface area contributed by atoms with Crippen LogP contribution in [-0.4, -0.2) is 27.2 Å². The van der Waals surface area contributed by atoms with E-state index in [2.05, 4.69) is 10.5 Å². The number of phenolic OH excluding ortho intramolecular Hbond substituents is 1. The molecule has 0 aliphatic rings. The first-order chi connectivity index (χ1) is 9.23. The maximum absolute atomic E-state index is 11.2. The number of ketones is 1. The third kappa shape index (κ3) is 3.51. The van der Waals surface area contributed by atoms with E-state index in [-0.39, 0.29) is 22.1 Å². The molecule has 0 aliphatic carbocycles. The molecule has 20 heavy (non-hydrogen) atoms. The van der Waals surface area contributed by atoms with E-state index in [1.165, 1.54) is 13.8 Å². The van der Waals surface area contributed by atoms with E-state index in [9.17, 15) is 20.0 Å². The number of nitrogens with zero attached hydrogens (tertiary/aromatic N) is 2. The number of hydrazone groups is 1. The summed E-state index contributed by atoms with van der Waals surface area (Å²) in [7, 11) is 0. The van der Waals surface area contributed by atoms with Crippen LogP contribution in [0.3, 0.4) is 0 Å². The van der Waals surface area contributed by atoms with Gasteiger partial charge >= 0.3 is 0 Å². The Bertz CT molecular complexity index is 611. The summed E-state index contributed by atoms with van der Waals surface area (Å²) in [5.74, 6) is -0.882. The SMILES string of the molecule is CC(=N)/C(=N/Nc1cc(Cl)c([N+](=O)[O-])cc1O)C(C)=O. The molecule has 1 rings (SSSR count). The lowest BCUT2D eigenvalue weighted by Crippen LogP contribution is -2.20. The van der Waals surface area contributed by atoms with E-state index in [1.54, 1.807) is 0 Å². The maximum Gasteiger partial charge on any atom is 0.291 e. The number of carbonyl (C=O) groups excluding carboxylic acids is 1. The highest BCUT2D eigenvalue weighted by Gasteiger charge is 2.17. The minimum Gasteiger partial charge on any atom is -0.505 e. The number of phenols is 1. The molecule has 0 amide bonds. The van der Waals surface area contributed by atoms with E-state index in [0.717, 1.165) is 12.1 Å². The van der Waals surface area contributed by atoms with Crippen molar-refractivity contribution in [3.63, 3.8) is 0 Å². The molecule has 0 saturated heterocycles. The van der Waals surface area contributed by atoms with Crippen molar-refractivity contribution in [3.8, 4) is 5.75 Å². The van der Waals surface area contributed by atoms with E-state index in [1.807, 2.05) is 0 Å². The minimum absolute atomic E-state index is 0.0133. The first kappa shape index (κ1) is 15.6. The quantitative estimate of drug-likeness (QED) is 0.332. The average molecular weight is 299 g/mol. The number of hydrogen-bond donors (Lipinski definition) is 3. The van der Waals surface area contributed by atoms with Gasteiger partial charge in [0.15, 0.2) is 5.78 Å². The molecule has 0 radical (unpaired) electrons. The summed E-state index contributed by atoms with van der Waals surface area (Å²) in [6, 6.07) is 1.97. The largest absolute Gasteiger partial charge is 0.505 e. The van der Waals surface area contributed by atoms with Crippen molar-refractivity contribution in [2.75, 3.05) is 5.43 Å². The van der Waals surface area contributed by atoms with Crippen molar-refractivity contribution in [2.45, 2.75) is 13.8 Å². The van der Waals surface area contributed by atoms with Gasteiger partial charge in [-0.05, 0) is 13.0 Å². The van der Waals surface area contributed by atoms with Crippen molar-refractivity contribution in [1.29, 1.82) is 5.41 Å². The van der Waals surface area contributed by atoms with Gasteiger partial charge in [-0.2, -0.15) is 5.10 Å². The number of carbonyl (C=O) groups is 1. The minimum atomic E-state index is -0.738. The number of nitro groups is 1. The molecule has 1 aromatic carbocycles. The average Bonchev–Trinajstić information content (AvgIpc) is 2.31. The van der Waals surface area contributed by atoms with E-state index >= 15 is 0 Å². The summed E-state index contributed by atoms with van der Waals surface area (Å²) in [6.07, 6.45) is 0. The first-order valence-electron chi connectivity index (χ1n) is 5.31. The Balaban J connectivity index is 3.14. The summed E-state index contributed by atoms with van der Waals surface area (Å²) in [5, 5.41) is 31.1. The van der Waals surface area contributed by atoms with Crippen LogP contribution in [0.2, 0.25) is 5.02 Å². The van der Waals surface area contributed by atoms with Crippen molar-refractivity contribution >= 4 is 40.2 Å². The lowest BCUT2D eigenvalue weighted by Gasteiger charge is -2.06. The van der Waals surface area contributed by atoms with Gasteiger partial charge in [0.1, 0.15) is 16.5 Å². The van der Waals surface area contributed by atoms with Gasteiger partial charge in [0, 0.05) is 6.92 Å². The summed E-state index contributed by atoms with van der Waals surface area (Å²) in [5.41, 5.74) is 1.70. The molecule has 8 nitrogen and oxygen atoms in total. The van der Waals surface area contributed by atoms with E-state index in [4.69, 9.17) is 17.0 Å². The Hall–Kier alpha value is -2.48. The van der Waals surface area contributed by atoms with Gasteiger partial charge in [0.05, 0.1) is 22.4 Å². The van der Waals surface area contributed by atoms with Gasteiger partial charge in [0.25, 0.3) is 5.69 Å². The highest BCUT2D eigenvalue weighted by Crippen LogP contribution is 2.34. The lowest BCUT2D eigenvalue weighted by molar-refractivity contribution is -0.384. The van der Waals surface area contributed by atoms with Gasteiger partial charge in [-0.25, -0.2) is 0 Å². The third-order valence-electron chi connectivity index (χ3n) is 2.24. The fourth-order valence-corrected chi connectivity index (χ4v) is 1.56. The van der Waals surface area contributed by atoms with Crippen LogP contribution in [0.15, 0.2) is 17.2 Å². The molecule has 0 saturated carbocycles. The highest BCUT2D eigenvalue weighted by molar-refractivity contribution is 6.66. The third-order valence-corrected chi connectivity index (χ3v) is 2.54. The van der Waals surface area contributed by atoms with Crippen LogP contribution in [0.4, 0.5) is 11.4 Å². The van der Waals surface area contributed by atoms with Crippen molar-refractivity contribution < 1.29 is 14.8 Å². The number of anilines is 1. The van der Waals surface area contributed by atoms with Crippen LogP contribution in [-0.2, 0) is 4.79 Å². The predicted octanol–water partition coefficient (Wildman–Crippen LogP) is 2.35. The number of hydrogen-bond acceptors (Lipinski definition) is 7. The first-order valence-corrected chi connectivity index (χ1v) is 5.69. The molecular weight excluding hydrogens is 288 g/mol. The summed E-state index contributed by atoms with van der Waals surface area (Å²) >= 11 is 5.69. The van der Waals surface area contributed by atoms with Gasteiger partial charge in [-0.3, -0.25) is 20.3 Å². The Morgan fingerprint density at radius 2 is 2.10 bits per heavy atom. The van der Waals surface area contributed by atoms with Crippen LogP contribution in [0.1, 0.15) is 13.8 Å². The second-order valence-corrected chi connectivity index (χ2v) is 4.24. The van der Waals surface area contributed by atoms with Gasteiger partial charge in [-0.15, -0.1) is 0 Å². The lowest BCUT2D eigenvalue weighted by atomic mass is 10.2. The fraction of sp³-hybridized carbons (Fsp3) is 0.182. The molecule has 106 valence electrons. The monoisotopic (exact) mass is 298 g/mol. The summed E-state index contributed by atoms with van der Waals surface area (Å²) in [6.45, 7) is 2.62. The molecule has 0 aromatic heterocycles. The van der Waals surface area contributed by atoms with Gasteiger partial charge < -0.3 is 10.5 Å². The topological polar surface area (TPSA) is 129 Å². The maximum atomic E-state index is 11.2. The zero-order valence-corrected chi connectivity index (χ0v) is 11.4. The smallest absolute Gasteiger partial charge is 0.291 e. The van der Waals surface area contributed by atoms with Crippen molar-refractivity contribution in [3.05, 3.63) is 27.3 Å². The van der Waals surface area contributed by atoms with E-state index in [0.29, 0.717) is 0 Å². The normalized spacial score (nSPS) is 11.1. The second-order valence-electron chi connectivity index (χ2n) is 3.83. The Labute approximate surface area is 118 Å². The molecule has 9 heteroatoms.